The molecule has 7 heteroatoms. The second-order valence-corrected chi connectivity index (χ2v) is 7.02. The first-order valence-corrected chi connectivity index (χ1v) is 9.36. The van der Waals surface area contributed by atoms with Crippen molar-refractivity contribution in [2.24, 2.45) is 0 Å². The number of carbonyl (C=O) groups is 1. The van der Waals surface area contributed by atoms with Gasteiger partial charge in [-0.15, -0.1) is 0 Å². The Morgan fingerprint density at radius 1 is 1.11 bits per heavy atom. The largest absolute Gasteiger partial charge is 0.495 e. The van der Waals surface area contributed by atoms with Gasteiger partial charge in [-0.2, -0.15) is 5.10 Å². The smallest absolute Gasteiger partial charge is 0.274 e. The van der Waals surface area contributed by atoms with Crippen LogP contribution in [-0.2, 0) is 0 Å². The molecular weight excluding hydrogens is 378 g/mol. The standard InChI is InChI=1S/C21H20ClN3O3/c1-27-19-12-20(28-2)17(10-15(19)22)23-21(26)18-11-16(13-8-9-13)24-25(18)14-6-4-3-5-7-14/h3-7,10-13H,8-9H2,1-2H3,(H,23,26). The molecule has 1 aliphatic carbocycles. The summed E-state index contributed by atoms with van der Waals surface area (Å²) in [5, 5.41) is 7.94. The number of para-hydroxylation sites is 1. The van der Waals surface area contributed by atoms with Crippen LogP contribution in [0.25, 0.3) is 5.69 Å². The number of amides is 1. The Kier molecular flexibility index (Phi) is 4.96. The molecule has 1 fully saturated rings. The summed E-state index contributed by atoms with van der Waals surface area (Å²) in [4.78, 5) is 13.1. The fourth-order valence-electron chi connectivity index (χ4n) is 3.05. The third kappa shape index (κ3) is 3.55. The van der Waals surface area contributed by atoms with E-state index in [2.05, 4.69) is 10.4 Å². The van der Waals surface area contributed by atoms with Gasteiger partial charge in [0.25, 0.3) is 5.91 Å². The molecule has 1 aromatic heterocycles. The van der Waals surface area contributed by atoms with E-state index in [1.54, 1.807) is 16.8 Å². The van der Waals surface area contributed by atoms with Crippen LogP contribution >= 0.6 is 11.6 Å². The molecule has 3 aromatic rings. The van der Waals surface area contributed by atoms with Gasteiger partial charge in [0.1, 0.15) is 17.2 Å². The zero-order valence-electron chi connectivity index (χ0n) is 15.6. The summed E-state index contributed by atoms with van der Waals surface area (Å²) in [6, 6.07) is 14.7. The lowest BCUT2D eigenvalue weighted by Crippen LogP contribution is -2.17. The molecule has 2 aromatic carbocycles. The van der Waals surface area contributed by atoms with Crippen LogP contribution < -0.4 is 14.8 Å². The van der Waals surface area contributed by atoms with Gasteiger partial charge >= 0.3 is 0 Å². The molecule has 4 rings (SSSR count). The Hall–Kier alpha value is -2.99. The van der Waals surface area contributed by atoms with Gasteiger partial charge in [0, 0.05) is 12.0 Å². The van der Waals surface area contributed by atoms with Crippen molar-refractivity contribution in [2.45, 2.75) is 18.8 Å². The molecule has 1 saturated carbocycles. The lowest BCUT2D eigenvalue weighted by Gasteiger charge is -2.13. The molecule has 144 valence electrons. The van der Waals surface area contributed by atoms with E-state index in [0.29, 0.717) is 33.8 Å². The number of halogens is 1. The average molecular weight is 398 g/mol. The highest BCUT2D eigenvalue weighted by atomic mass is 35.5. The summed E-state index contributed by atoms with van der Waals surface area (Å²) in [5.41, 5.74) is 2.70. The van der Waals surface area contributed by atoms with Crippen LogP contribution in [0.1, 0.15) is 34.9 Å². The van der Waals surface area contributed by atoms with E-state index in [1.807, 2.05) is 36.4 Å². The first kappa shape index (κ1) is 18.4. The number of rotatable bonds is 6. The number of methoxy groups -OCH3 is 2. The van der Waals surface area contributed by atoms with E-state index in [9.17, 15) is 4.79 Å². The number of nitrogens with zero attached hydrogens (tertiary/aromatic N) is 2. The van der Waals surface area contributed by atoms with Crippen LogP contribution in [0.5, 0.6) is 11.5 Å². The van der Waals surface area contributed by atoms with Crippen LogP contribution in [0.4, 0.5) is 5.69 Å². The minimum absolute atomic E-state index is 0.289. The molecule has 1 N–H and O–H groups in total. The van der Waals surface area contributed by atoms with Crippen molar-refractivity contribution in [3.63, 3.8) is 0 Å². The highest BCUT2D eigenvalue weighted by Crippen LogP contribution is 2.40. The fourth-order valence-corrected chi connectivity index (χ4v) is 3.29. The van der Waals surface area contributed by atoms with Crippen molar-refractivity contribution in [1.82, 2.24) is 9.78 Å². The molecule has 0 unspecified atom stereocenters. The molecule has 28 heavy (non-hydrogen) atoms. The van der Waals surface area contributed by atoms with Crippen molar-refractivity contribution in [3.05, 3.63) is 64.9 Å². The Morgan fingerprint density at radius 3 is 2.46 bits per heavy atom. The predicted octanol–water partition coefficient (Wildman–Crippen LogP) is 4.67. The quantitative estimate of drug-likeness (QED) is 0.656. The molecule has 6 nitrogen and oxygen atoms in total. The van der Waals surface area contributed by atoms with E-state index >= 15 is 0 Å². The Bertz CT molecular complexity index is 1010. The van der Waals surface area contributed by atoms with Gasteiger partial charge in [0.15, 0.2) is 0 Å². The second-order valence-electron chi connectivity index (χ2n) is 6.62. The maximum Gasteiger partial charge on any atom is 0.274 e. The summed E-state index contributed by atoms with van der Waals surface area (Å²) < 4.78 is 12.3. The fraction of sp³-hybridized carbons (Fsp3) is 0.238. The monoisotopic (exact) mass is 397 g/mol. The average Bonchev–Trinajstić information content (AvgIpc) is 3.47. The maximum atomic E-state index is 13.1. The van der Waals surface area contributed by atoms with Crippen LogP contribution in [-0.4, -0.2) is 29.9 Å². The van der Waals surface area contributed by atoms with Gasteiger partial charge in [-0.1, -0.05) is 29.8 Å². The van der Waals surface area contributed by atoms with E-state index in [1.165, 1.54) is 14.2 Å². The summed E-state index contributed by atoms with van der Waals surface area (Å²) in [7, 11) is 3.05. The Balaban J connectivity index is 1.70. The topological polar surface area (TPSA) is 65.4 Å². The van der Waals surface area contributed by atoms with Crippen LogP contribution in [0.3, 0.4) is 0 Å². The van der Waals surface area contributed by atoms with Gasteiger partial charge in [0.05, 0.1) is 36.3 Å². The van der Waals surface area contributed by atoms with E-state index in [0.717, 1.165) is 24.2 Å². The summed E-state index contributed by atoms with van der Waals surface area (Å²) >= 11 is 6.22. The van der Waals surface area contributed by atoms with Crippen molar-refractivity contribution >= 4 is 23.2 Å². The highest BCUT2D eigenvalue weighted by molar-refractivity contribution is 6.32. The summed E-state index contributed by atoms with van der Waals surface area (Å²) in [6.45, 7) is 0. The molecule has 1 aliphatic rings. The van der Waals surface area contributed by atoms with E-state index < -0.39 is 0 Å². The molecule has 0 aliphatic heterocycles. The van der Waals surface area contributed by atoms with Gasteiger partial charge in [0.2, 0.25) is 0 Å². The van der Waals surface area contributed by atoms with Crippen molar-refractivity contribution in [1.29, 1.82) is 0 Å². The van der Waals surface area contributed by atoms with Gasteiger partial charge in [-0.05, 0) is 37.1 Å². The number of hydrogen-bond acceptors (Lipinski definition) is 4. The minimum Gasteiger partial charge on any atom is -0.495 e. The second kappa shape index (κ2) is 7.56. The first-order chi connectivity index (χ1) is 13.6. The highest BCUT2D eigenvalue weighted by Gasteiger charge is 2.29. The van der Waals surface area contributed by atoms with Gasteiger partial charge < -0.3 is 14.8 Å². The van der Waals surface area contributed by atoms with Crippen LogP contribution in [0.15, 0.2) is 48.5 Å². The number of aromatic nitrogens is 2. The third-order valence-electron chi connectivity index (χ3n) is 4.68. The summed E-state index contributed by atoms with van der Waals surface area (Å²) in [5.74, 6) is 1.08. The molecular formula is C21H20ClN3O3. The maximum absolute atomic E-state index is 13.1. The summed E-state index contributed by atoms with van der Waals surface area (Å²) in [6.07, 6.45) is 2.21. The lowest BCUT2D eigenvalue weighted by atomic mass is 10.2. The van der Waals surface area contributed by atoms with E-state index in [4.69, 9.17) is 21.1 Å². The molecule has 0 bridgehead atoms. The molecule has 0 atom stereocenters. The minimum atomic E-state index is -0.289. The van der Waals surface area contributed by atoms with Crippen molar-refractivity contribution in [2.75, 3.05) is 19.5 Å². The number of hydrogen-bond donors (Lipinski definition) is 1. The number of anilines is 1. The number of ether oxygens (including phenoxy) is 2. The number of benzene rings is 2. The Labute approximate surface area is 168 Å². The van der Waals surface area contributed by atoms with Crippen LogP contribution in [0, 0.1) is 0 Å². The number of carbonyl (C=O) groups excluding carboxylic acids is 1. The molecule has 0 radical (unpaired) electrons. The zero-order chi connectivity index (χ0) is 19.7. The van der Waals surface area contributed by atoms with E-state index in [-0.39, 0.29) is 5.91 Å². The normalized spacial score (nSPS) is 13.2. The molecule has 1 amide bonds. The van der Waals surface area contributed by atoms with Crippen LogP contribution in [0.2, 0.25) is 5.02 Å². The SMILES string of the molecule is COc1cc(OC)c(NC(=O)c2cc(C3CC3)nn2-c2ccccc2)cc1Cl. The predicted molar refractivity (Wildman–Crippen MR) is 108 cm³/mol. The first-order valence-electron chi connectivity index (χ1n) is 8.99. The number of nitrogens with one attached hydrogen (secondary N) is 1. The zero-order valence-corrected chi connectivity index (χ0v) is 16.4. The third-order valence-corrected chi connectivity index (χ3v) is 4.97. The molecule has 0 saturated heterocycles. The van der Waals surface area contributed by atoms with Crippen molar-refractivity contribution in [3.8, 4) is 17.2 Å². The molecule has 1 heterocycles. The van der Waals surface area contributed by atoms with Gasteiger partial charge in [-0.3, -0.25) is 4.79 Å². The van der Waals surface area contributed by atoms with Gasteiger partial charge in [-0.25, -0.2) is 4.68 Å². The Morgan fingerprint density at radius 2 is 1.82 bits per heavy atom. The molecule has 0 spiro atoms. The lowest BCUT2D eigenvalue weighted by molar-refractivity contribution is 0.101. The van der Waals surface area contributed by atoms with Crippen molar-refractivity contribution < 1.29 is 14.3 Å².